The molecule has 0 fully saturated rings. The van der Waals surface area contributed by atoms with Crippen LogP contribution in [-0.4, -0.2) is 28.6 Å². The van der Waals surface area contributed by atoms with E-state index in [-0.39, 0.29) is 0 Å². The van der Waals surface area contributed by atoms with E-state index in [0.29, 0.717) is 11.3 Å². The molecule has 0 spiro atoms. The van der Waals surface area contributed by atoms with Crippen molar-refractivity contribution in [2.24, 2.45) is 5.73 Å². The fourth-order valence-electron chi connectivity index (χ4n) is 2.28. The van der Waals surface area contributed by atoms with Gasteiger partial charge in [0.2, 0.25) is 0 Å². The molecule has 27 heavy (non-hydrogen) atoms. The van der Waals surface area contributed by atoms with Gasteiger partial charge in [-0.3, -0.25) is 14.8 Å². The van der Waals surface area contributed by atoms with E-state index in [4.69, 9.17) is 16.7 Å². The van der Waals surface area contributed by atoms with Gasteiger partial charge in [-0.1, -0.05) is 11.8 Å². The van der Waals surface area contributed by atoms with Crippen LogP contribution in [-0.2, 0) is 4.79 Å². The van der Waals surface area contributed by atoms with E-state index in [2.05, 4.69) is 17.2 Å². The molecule has 7 nitrogen and oxygen atoms in total. The van der Waals surface area contributed by atoms with Crippen LogP contribution >= 0.6 is 0 Å². The van der Waals surface area contributed by atoms with Gasteiger partial charge in [-0.15, -0.1) is 0 Å². The largest absolute Gasteiger partial charge is 0.399 e. The Morgan fingerprint density at radius 3 is 1.93 bits per heavy atom. The number of hydroxylamine groups is 1. The Morgan fingerprint density at radius 2 is 1.48 bits per heavy atom. The molecule has 0 aliphatic carbocycles. The summed E-state index contributed by atoms with van der Waals surface area (Å²) < 4.78 is 0. The van der Waals surface area contributed by atoms with Crippen molar-refractivity contribution < 1.29 is 14.8 Å². The highest BCUT2D eigenvalue weighted by Gasteiger charge is 2.33. The second-order valence-electron chi connectivity index (χ2n) is 6.65. The number of anilines is 1. The van der Waals surface area contributed by atoms with Crippen molar-refractivity contribution in [1.82, 2.24) is 10.8 Å². The fraction of sp³-hybridized carbons (Fsp3) is 0.200. The van der Waals surface area contributed by atoms with E-state index in [9.17, 15) is 9.59 Å². The Kier molecular flexibility index (Phi) is 6.19. The molecule has 0 unspecified atom stereocenters. The van der Waals surface area contributed by atoms with E-state index >= 15 is 0 Å². The van der Waals surface area contributed by atoms with Crippen molar-refractivity contribution in [3.05, 3.63) is 65.2 Å². The SMILES string of the molecule is CC(C)(N)[C@H](NC(=O)c1ccc(C#Cc2ccc(N)cc2)cc1)C(=O)NO. The van der Waals surface area contributed by atoms with Gasteiger partial charge < -0.3 is 16.8 Å². The summed E-state index contributed by atoms with van der Waals surface area (Å²) in [6, 6.07) is 12.7. The first kappa shape index (κ1) is 20.0. The van der Waals surface area contributed by atoms with Gasteiger partial charge in [0.25, 0.3) is 11.8 Å². The van der Waals surface area contributed by atoms with Gasteiger partial charge in [0.05, 0.1) is 0 Å². The van der Waals surface area contributed by atoms with Crippen molar-refractivity contribution in [1.29, 1.82) is 0 Å². The number of hydrogen-bond acceptors (Lipinski definition) is 5. The van der Waals surface area contributed by atoms with E-state index < -0.39 is 23.4 Å². The predicted molar refractivity (Wildman–Crippen MR) is 103 cm³/mol. The van der Waals surface area contributed by atoms with E-state index in [1.54, 1.807) is 50.2 Å². The van der Waals surface area contributed by atoms with Crippen molar-refractivity contribution in [3.8, 4) is 11.8 Å². The number of nitrogen functional groups attached to an aromatic ring is 1. The summed E-state index contributed by atoms with van der Waals surface area (Å²) in [6.45, 7) is 3.14. The molecule has 0 saturated carbocycles. The number of carbonyl (C=O) groups excluding carboxylic acids is 2. The second-order valence-corrected chi connectivity index (χ2v) is 6.65. The maximum atomic E-state index is 12.4. The van der Waals surface area contributed by atoms with Crippen LogP contribution in [0, 0.1) is 11.8 Å². The first-order valence-electron chi connectivity index (χ1n) is 8.22. The summed E-state index contributed by atoms with van der Waals surface area (Å²) in [7, 11) is 0. The molecule has 140 valence electrons. The topological polar surface area (TPSA) is 130 Å². The van der Waals surface area contributed by atoms with Gasteiger partial charge in [-0.2, -0.15) is 0 Å². The predicted octanol–water partition coefficient (Wildman–Crippen LogP) is 1.01. The van der Waals surface area contributed by atoms with Gasteiger partial charge in [0, 0.05) is 27.9 Å². The van der Waals surface area contributed by atoms with Crippen molar-refractivity contribution in [3.63, 3.8) is 0 Å². The highest BCUT2D eigenvalue weighted by molar-refractivity contribution is 5.97. The lowest BCUT2D eigenvalue weighted by atomic mass is 9.95. The summed E-state index contributed by atoms with van der Waals surface area (Å²) in [5, 5.41) is 11.4. The molecule has 0 bridgehead atoms. The molecule has 2 amide bonds. The van der Waals surface area contributed by atoms with Crippen molar-refractivity contribution >= 4 is 17.5 Å². The first-order chi connectivity index (χ1) is 12.7. The highest BCUT2D eigenvalue weighted by atomic mass is 16.5. The van der Waals surface area contributed by atoms with E-state index in [0.717, 1.165) is 11.1 Å². The Hall–Kier alpha value is -3.34. The molecule has 1 atom stereocenters. The Balaban J connectivity index is 2.11. The molecule has 0 radical (unpaired) electrons. The summed E-state index contributed by atoms with van der Waals surface area (Å²) in [5.41, 5.74) is 14.6. The number of benzene rings is 2. The average Bonchev–Trinajstić information content (AvgIpc) is 2.64. The van der Waals surface area contributed by atoms with E-state index in [1.165, 1.54) is 5.48 Å². The third-order valence-corrected chi connectivity index (χ3v) is 3.80. The third kappa shape index (κ3) is 5.57. The number of carbonyl (C=O) groups is 2. The second kappa shape index (κ2) is 8.36. The van der Waals surface area contributed by atoms with Gasteiger partial charge in [0.15, 0.2) is 0 Å². The van der Waals surface area contributed by atoms with Crippen LogP contribution in [0.15, 0.2) is 48.5 Å². The number of nitrogens with one attached hydrogen (secondary N) is 2. The minimum absolute atomic E-state index is 0.341. The van der Waals surface area contributed by atoms with Crippen LogP contribution in [0.2, 0.25) is 0 Å². The number of nitrogens with two attached hydrogens (primary N) is 2. The van der Waals surface area contributed by atoms with Crippen LogP contribution in [0.25, 0.3) is 0 Å². The van der Waals surface area contributed by atoms with Crippen LogP contribution in [0.5, 0.6) is 0 Å². The third-order valence-electron chi connectivity index (χ3n) is 3.80. The zero-order valence-corrected chi connectivity index (χ0v) is 15.1. The van der Waals surface area contributed by atoms with Gasteiger partial charge in [0.1, 0.15) is 6.04 Å². The van der Waals surface area contributed by atoms with Crippen molar-refractivity contribution in [2.45, 2.75) is 25.4 Å². The minimum atomic E-state index is -1.10. The van der Waals surface area contributed by atoms with Gasteiger partial charge in [-0.05, 0) is 62.4 Å². The number of hydrogen-bond donors (Lipinski definition) is 5. The Morgan fingerprint density at radius 1 is 1.00 bits per heavy atom. The summed E-state index contributed by atoms with van der Waals surface area (Å²) in [4.78, 5) is 24.1. The van der Waals surface area contributed by atoms with Crippen LogP contribution in [0.4, 0.5) is 5.69 Å². The Labute approximate surface area is 157 Å². The molecule has 0 saturated heterocycles. The lowest BCUT2D eigenvalue weighted by molar-refractivity contribution is -0.132. The molecule has 2 aromatic rings. The smallest absolute Gasteiger partial charge is 0.267 e. The molecular formula is C20H22N4O3. The fourth-order valence-corrected chi connectivity index (χ4v) is 2.28. The van der Waals surface area contributed by atoms with Crippen LogP contribution in [0.1, 0.15) is 35.3 Å². The van der Waals surface area contributed by atoms with Gasteiger partial charge >= 0.3 is 0 Å². The maximum Gasteiger partial charge on any atom is 0.267 e. The zero-order chi connectivity index (χ0) is 20.0. The maximum absolute atomic E-state index is 12.4. The number of rotatable bonds is 4. The summed E-state index contributed by atoms with van der Waals surface area (Å²) >= 11 is 0. The average molecular weight is 366 g/mol. The lowest BCUT2D eigenvalue weighted by Crippen LogP contribution is -2.61. The zero-order valence-electron chi connectivity index (χ0n) is 15.1. The molecule has 0 aliphatic rings. The first-order valence-corrected chi connectivity index (χ1v) is 8.22. The highest BCUT2D eigenvalue weighted by Crippen LogP contribution is 2.09. The normalized spacial score (nSPS) is 11.7. The molecule has 7 heteroatoms. The number of amides is 2. The Bertz CT molecular complexity index is 873. The quantitative estimate of drug-likeness (QED) is 0.239. The van der Waals surface area contributed by atoms with Crippen LogP contribution < -0.4 is 22.3 Å². The lowest BCUT2D eigenvalue weighted by Gasteiger charge is -2.29. The van der Waals surface area contributed by atoms with Crippen LogP contribution in [0.3, 0.4) is 0 Å². The van der Waals surface area contributed by atoms with Crippen molar-refractivity contribution in [2.75, 3.05) is 5.73 Å². The molecule has 0 aliphatic heterocycles. The minimum Gasteiger partial charge on any atom is -0.399 e. The molecule has 2 rings (SSSR count). The van der Waals surface area contributed by atoms with Gasteiger partial charge in [-0.25, -0.2) is 5.48 Å². The molecular weight excluding hydrogens is 344 g/mol. The molecule has 0 heterocycles. The summed E-state index contributed by atoms with van der Waals surface area (Å²) in [5.74, 6) is 4.73. The molecule has 2 aromatic carbocycles. The molecule has 0 aromatic heterocycles. The monoisotopic (exact) mass is 366 g/mol. The standard InChI is InChI=1S/C20H22N4O3/c1-20(2,22)17(19(26)24-27)23-18(25)15-9-5-13(6-10-15)3-4-14-7-11-16(21)12-8-14/h5-12,17,27H,21-22H2,1-2H3,(H,23,25)(H,24,26)/t17-/m1/s1. The summed E-state index contributed by atoms with van der Waals surface area (Å²) in [6.07, 6.45) is 0. The van der Waals surface area contributed by atoms with E-state index in [1.807, 2.05) is 12.1 Å². The molecule has 7 N–H and O–H groups in total.